The summed E-state index contributed by atoms with van der Waals surface area (Å²) < 4.78 is 5.03. The van der Waals surface area contributed by atoms with Crippen LogP contribution in [0.3, 0.4) is 0 Å². The molecular formula is C18H30O9. The van der Waals surface area contributed by atoms with Crippen molar-refractivity contribution in [3.8, 4) is 0 Å². The minimum atomic E-state index is -1.06. The molecule has 0 spiro atoms. The lowest BCUT2D eigenvalue weighted by atomic mass is 9.75. The van der Waals surface area contributed by atoms with Crippen LogP contribution in [0.1, 0.15) is 46.5 Å². The van der Waals surface area contributed by atoms with Crippen LogP contribution in [0.15, 0.2) is 0 Å². The number of carbonyl (C=O) groups is 3. The molecule has 9 nitrogen and oxygen atoms in total. The van der Waals surface area contributed by atoms with Crippen molar-refractivity contribution in [1.29, 1.82) is 0 Å². The number of rotatable bonds is 11. The molecule has 1 aliphatic rings. The number of aliphatic hydroxyl groups is 1. The third kappa shape index (κ3) is 7.82. The summed E-state index contributed by atoms with van der Waals surface area (Å²) in [5, 5.41) is 28.0. The molecule has 156 valence electrons. The number of esters is 1. The van der Waals surface area contributed by atoms with Crippen molar-refractivity contribution < 1.29 is 44.2 Å². The van der Waals surface area contributed by atoms with Gasteiger partial charge in [0, 0.05) is 0 Å². The summed E-state index contributed by atoms with van der Waals surface area (Å²) in [4.78, 5) is 44.0. The smallest absolute Gasteiger partial charge is 0.311 e. The van der Waals surface area contributed by atoms with Crippen molar-refractivity contribution in [2.75, 3.05) is 19.8 Å². The van der Waals surface area contributed by atoms with E-state index >= 15 is 0 Å². The summed E-state index contributed by atoms with van der Waals surface area (Å²) in [5.41, 5.74) is -0.626. The van der Waals surface area contributed by atoms with E-state index in [1.165, 1.54) is 0 Å². The van der Waals surface area contributed by atoms with E-state index < -0.39 is 41.3 Å². The van der Waals surface area contributed by atoms with Crippen molar-refractivity contribution in [2.24, 2.45) is 23.2 Å². The number of aliphatic carboxylic acids is 2. The molecule has 1 aliphatic carbocycles. The molecule has 3 atom stereocenters. The van der Waals surface area contributed by atoms with Gasteiger partial charge in [0.15, 0.2) is 0 Å². The SMILES string of the molecule is CCC(C)(C)C(=O)OCC(O)COOCC1CC(C(=O)O)CC(C(=O)O)C1. The van der Waals surface area contributed by atoms with Crippen LogP contribution in [-0.4, -0.2) is 59.2 Å². The van der Waals surface area contributed by atoms with E-state index in [4.69, 9.17) is 24.7 Å². The first-order valence-electron chi connectivity index (χ1n) is 9.12. The molecule has 0 aromatic heterocycles. The van der Waals surface area contributed by atoms with Crippen molar-refractivity contribution in [2.45, 2.75) is 52.6 Å². The molecule has 0 aromatic rings. The largest absolute Gasteiger partial charge is 0.481 e. The molecule has 0 amide bonds. The summed E-state index contributed by atoms with van der Waals surface area (Å²) in [7, 11) is 0. The summed E-state index contributed by atoms with van der Waals surface area (Å²) in [5.74, 6) is -4.15. The van der Waals surface area contributed by atoms with Gasteiger partial charge in [0.25, 0.3) is 0 Å². The van der Waals surface area contributed by atoms with Gasteiger partial charge in [-0.2, -0.15) is 0 Å². The van der Waals surface area contributed by atoms with E-state index in [-0.39, 0.29) is 32.2 Å². The molecule has 0 aliphatic heterocycles. The zero-order valence-corrected chi connectivity index (χ0v) is 16.1. The van der Waals surface area contributed by atoms with Crippen molar-refractivity contribution >= 4 is 17.9 Å². The number of aliphatic hydroxyl groups excluding tert-OH is 1. The zero-order valence-electron chi connectivity index (χ0n) is 16.1. The Morgan fingerprint density at radius 3 is 2.04 bits per heavy atom. The van der Waals surface area contributed by atoms with Gasteiger partial charge in [-0.05, 0) is 45.4 Å². The van der Waals surface area contributed by atoms with Gasteiger partial charge in [-0.25, -0.2) is 9.78 Å². The van der Waals surface area contributed by atoms with Crippen LogP contribution in [0.5, 0.6) is 0 Å². The molecular weight excluding hydrogens is 360 g/mol. The molecule has 1 rings (SSSR count). The van der Waals surface area contributed by atoms with E-state index in [2.05, 4.69) is 0 Å². The first-order chi connectivity index (χ1) is 12.6. The normalized spacial score (nSPS) is 24.2. The topological polar surface area (TPSA) is 140 Å². The summed E-state index contributed by atoms with van der Waals surface area (Å²) in [6.07, 6.45) is 0.285. The van der Waals surface area contributed by atoms with Gasteiger partial charge < -0.3 is 20.1 Å². The molecule has 0 saturated heterocycles. The highest BCUT2D eigenvalue weighted by atomic mass is 17.2. The summed E-state index contributed by atoms with van der Waals surface area (Å²) in [6.45, 7) is 4.95. The van der Waals surface area contributed by atoms with E-state index in [0.29, 0.717) is 19.3 Å². The Hall–Kier alpha value is -1.71. The fourth-order valence-electron chi connectivity index (χ4n) is 2.81. The Labute approximate surface area is 158 Å². The highest BCUT2D eigenvalue weighted by Crippen LogP contribution is 2.34. The third-order valence-electron chi connectivity index (χ3n) is 4.99. The molecule has 27 heavy (non-hydrogen) atoms. The minimum Gasteiger partial charge on any atom is -0.481 e. The lowest BCUT2D eigenvalue weighted by Gasteiger charge is -2.30. The van der Waals surface area contributed by atoms with Gasteiger partial charge in [-0.3, -0.25) is 14.4 Å². The second kappa shape index (κ2) is 10.6. The van der Waals surface area contributed by atoms with Gasteiger partial charge in [0.2, 0.25) is 0 Å². The first kappa shape index (κ1) is 23.3. The Morgan fingerprint density at radius 1 is 1.00 bits per heavy atom. The summed E-state index contributed by atoms with van der Waals surface area (Å²) in [6, 6.07) is 0. The number of carboxylic acids is 2. The fourth-order valence-corrected chi connectivity index (χ4v) is 2.81. The minimum absolute atomic E-state index is 0.0307. The van der Waals surface area contributed by atoms with Crippen molar-refractivity contribution in [3.05, 3.63) is 0 Å². The fraction of sp³-hybridized carbons (Fsp3) is 0.833. The highest BCUT2D eigenvalue weighted by molar-refractivity contribution is 5.75. The van der Waals surface area contributed by atoms with Crippen LogP contribution in [0.25, 0.3) is 0 Å². The van der Waals surface area contributed by atoms with Gasteiger partial charge in [-0.15, -0.1) is 0 Å². The lowest BCUT2D eigenvalue weighted by Crippen LogP contribution is -2.34. The molecule has 3 N–H and O–H groups in total. The van der Waals surface area contributed by atoms with Crippen LogP contribution >= 0.6 is 0 Å². The maximum absolute atomic E-state index is 11.8. The second-order valence-electron chi connectivity index (χ2n) is 7.70. The maximum Gasteiger partial charge on any atom is 0.311 e. The molecule has 3 unspecified atom stereocenters. The van der Waals surface area contributed by atoms with E-state index in [9.17, 15) is 19.5 Å². The van der Waals surface area contributed by atoms with Crippen LogP contribution in [0.4, 0.5) is 0 Å². The summed E-state index contributed by atoms with van der Waals surface area (Å²) >= 11 is 0. The maximum atomic E-state index is 11.8. The number of carbonyl (C=O) groups excluding carboxylic acids is 1. The molecule has 0 heterocycles. The van der Waals surface area contributed by atoms with E-state index in [0.717, 1.165) is 0 Å². The molecule has 0 bridgehead atoms. The lowest BCUT2D eigenvalue weighted by molar-refractivity contribution is -0.314. The number of hydrogen-bond acceptors (Lipinski definition) is 7. The number of hydrogen-bond donors (Lipinski definition) is 3. The predicted molar refractivity (Wildman–Crippen MR) is 92.5 cm³/mol. The molecule has 9 heteroatoms. The second-order valence-corrected chi connectivity index (χ2v) is 7.70. The van der Waals surface area contributed by atoms with Crippen LogP contribution < -0.4 is 0 Å². The Kier molecular flexibility index (Phi) is 9.14. The van der Waals surface area contributed by atoms with Gasteiger partial charge >= 0.3 is 17.9 Å². The monoisotopic (exact) mass is 390 g/mol. The van der Waals surface area contributed by atoms with Gasteiger partial charge in [0.1, 0.15) is 19.3 Å². The van der Waals surface area contributed by atoms with Crippen LogP contribution in [0.2, 0.25) is 0 Å². The van der Waals surface area contributed by atoms with Gasteiger partial charge in [0.05, 0.1) is 23.9 Å². The molecule has 1 fully saturated rings. The highest BCUT2D eigenvalue weighted by Gasteiger charge is 2.36. The first-order valence-corrected chi connectivity index (χ1v) is 9.12. The third-order valence-corrected chi connectivity index (χ3v) is 4.99. The average Bonchev–Trinajstić information content (AvgIpc) is 2.62. The van der Waals surface area contributed by atoms with E-state index in [1.807, 2.05) is 6.92 Å². The van der Waals surface area contributed by atoms with Crippen LogP contribution in [0, 0.1) is 23.2 Å². The standard InChI is InChI=1S/C18H30O9/c1-4-18(2,3)17(24)25-9-14(19)10-27-26-8-11-5-12(15(20)21)7-13(6-11)16(22)23/h11-14,19H,4-10H2,1-3H3,(H,20,21)(H,22,23). The van der Waals surface area contributed by atoms with Crippen molar-refractivity contribution in [1.82, 2.24) is 0 Å². The van der Waals surface area contributed by atoms with Gasteiger partial charge in [-0.1, -0.05) is 6.92 Å². The Morgan fingerprint density at radius 2 is 1.56 bits per heavy atom. The predicted octanol–water partition coefficient (Wildman–Crippen LogP) is 1.48. The zero-order chi connectivity index (χ0) is 20.6. The number of ether oxygens (including phenoxy) is 1. The molecule has 0 radical (unpaired) electrons. The van der Waals surface area contributed by atoms with Crippen LogP contribution in [-0.2, 0) is 28.9 Å². The van der Waals surface area contributed by atoms with E-state index in [1.54, 1.807) is 13.8 Å². The molecule has 0 aromatic carbocycles. The Bertz CT molecular complexity index is 495. The van der Waals surface area contributed by atoms with Crippen molar-refractivity contribution in [3.63, 3.8) is 0 Å². The molecule has 1 saturated carbocycles. The quantitative estimate of drug-likeness (QED) is 0.207. The average molecular weight is 390 g/mol. The number of carboxylic acid groups (broad SMARTS) is 2. The Balaban J connectivity index is 2.30.